The number of hydrogen-bond acceptors (Lipinski definition) is 5. The third-order valence-electron chi connectivity index (χ3n) is 5.42. The Balaban J connectivity index is 0.000000429. The number of carbonyl (C=O) groups excluding carboxylic acids is 1. The lowest BCUT2D eigenvalue weighted by molar-refractivity contribution is -0.192. The van der Waals surface area contributed by atoms with E-state index in [-0.39, 0.29) is 18.5 Å². The molecule has 0 aliphatic carbocycles. The molecule has 0 radical (unpaired) electrons. The van der Waals surface area contributed by atoms with Gasteiger partial charge in [-0.1, -0.05) is 72.8 Å². The molecule has 1 aliphatic heterocycles. The van der Waals surface area contributed by atoms with Crippen molar-refractivity contribution in [2.24, 2.45) is 10.7 Å². The average Bonchev–Trinajstić information content (AvgIpc) is 3.09. The van der Waals surface area contributed by atoms with Crippen molar-refractivity contribution in [3.63, 3.8) is 0 Å². The maximum Gasteiger partial charge on any atom is 0.490 e. The second-order valence-corrected chi connectivity index (χ2v) is 7.65. The minimum absolute atomic E-state index is 0.00622. The maximum absolute atomic E-state index is 13.3. The number of likely N-dealkylation sites (N-methyl/N-ethyl adjacent to an activating group) is 1. The number of nitrogens with two attached hydrogens (primary N) is 1. The molecule has 0 saturated carbocycles. The number of benzene rings is 3. The number of guanidine groups is 1. The summed E-state index contributed by atoms with van der Waals surface area (Å²) in [5.74, 6) is -2.73. The summed E-state index contributed by atoms with van der Waals surface area (Å²) < 4.78 is 31.7. The van der Waals surface area contributed by atoms with Gasteiger partial charge in [0.1, 0.15) is 0 Å². The minimum Gasteiger partial charge on any atom is -0.475 e. The highest BCUT2D eigenvalue weighted by Gasteiger charge is 2.49. The molecule has 4 N–H and O–H groups in total. The van der Waals surface area contributed by atoms with Gasteiger partial charge >= 0.3 is 12.1 Å². The molecule has 1 amide bonds. The molecule has 35 heavy (non-hydrogen) atoms. The van der Waals surface area contributed by atoms with Gasteiger partial charge in [-0.05, 0) is 33.9 Å². The number of aliphatic hydroxyl groups is 1. The monoisotopic (exact) mass is 485 g/mol. The Labute approximate surface area is 199 Å². The highest BCUT2D eigenvalue weighted by atomic mass is 19.4. The average molecular weight is 485 g/mol. The van der Waals surface area contributed by atoms with E-state index in [1.165, 1.54) is 4.90 Å². The van der Waals surface area contributed by atoms with E-state index in [1.54, 1.807) is 7.05 Å². The van der Waals surface area contributed by atoms with E-state index in [4.69, 9.17) is 15.6 Å². The minimum atomic E-state index is -5.08. The van der Waals surface area contributed by atoms with Gasteiger partial charge in [-0.2, -0.15) is 13.2 Å². The van der Waals surface area contributed by atoms with E-state index in [2.05, 4.69) is 4.99 Å². The molecule has 10 heteroatoms. The smallest absolute Gasteiger partial charge is 0.475 e. The number of aliphatic carboxylic acids is 1. The van der Waals surface area contributed by atoms with E-state index in [9.17, 15) is 23.1 Å². The predicted octanol–water partition coefficient (Wildman–Crippen LogP) is 3.51. The highest BCUT2D eigenvalue weighted by molar-refractivity contribution is 6.09. The molecule has 3 aromatic rings. The molecule has 0 saturated heterocycles. The quantitative estimate of drug-likeness (QED) is 0.523. The molecule has 0 fully saturated rings. The molecule has 3 aromatic carbocycles. The van der Waals surface area contributed by atoms with Crippen LogP contribution in [-0.2, 0) is 21.7 Å². The summed E-state index contributed by atoms with van der Waals surface area (Å²) in [6.07, 6.45) is -5.08. The Kier molecular flexibility index (Phi) is 7.25. The Morgan fingerprint density at radius 2 is 1.54 bits per heavy atom. The fraction of sp³-hybridized carbons (Fsp3) is 0.160. The zero-order valence-electron chi connectivity index (χ0n) is 18.5. The van der Waals surface area contributed by atoms with Gasteiger partial charge in [-0.3, -0.25) is 9.69 Å². The van der Waals surface area contributed by atoms with Gasteiger partial charge in [0.25, 0.3) is 5.91 Å². The van der Waals surface area contributed by atoms with Crippen LogP contribution in [0.1, 0.15) is 16.7 Å². The third-order valence-corrected chi connectivity index (χ3v) is 5.42. The van der Waals surface area contributed by atoms with Crippen molar-refractivity contribution < 1.29 is 33.0 Å². The number of aliphatic hydroxyl groups excluding tert-OH is 1. The Hall–Kier alpha value is -4.18. The zero-order chi connectivity index (χ0) is 25.8. The Morgan fingerprint density at radius 1 is 0.971 bits per heavy atom. The van der Waals surface area contributed by atoms with Gasteiger partial charge in [0.15, 0.2) is 11.5 Å². The number of rotatable bonds is 4. The van der Waals surface area contributed by atoms with Crippen molar-refractivity contribution in [3.8, 4) is 11.1 Å². The fourth-order valence-electron chi connectivity index (χ4n) is 3.59. The Bertz CT molecular complexity index is 1240. The number of nitrogens with zero attached hydrogens (tertiary/aromatic N) is 2. The molecule has 1 heterocycles. The number of hydrogen-bond donors (Lipinski definition) is 3. The maximum atomic E-state index is 13.3. The molecule has 7 nitrogen and oxygen atoms in total. The van der Waals surface area contributed by atoms with Crippen LogP contribution in [0.5, 0.6) is 0 Å². The van der Waals surface area contributed by atoms with Crippen LogP contribution < -0.4 is 5.73 Å². The van der Waals surface area contributed by atoms with Gasteiger partial charge in [0.05, 0.1) is 6.61 Å². The molecular formula is C25H22F3N3O4. The van der Waals surface area contributed by atoms with Gasteiger partial charge in [-0.25, -0.2) is 9.79 Å². The summed E-state index contributed by atoms with van der Waals surface area (Å²) in [4.78, 5) is 28.2. The first-order valence-electron chi connectivity index (χ1n) is 10.3. The van der Waals surface area contributed by atoms with Crippen molar-refractivity contribution in [1.82, 2.24) is 4.90 Å². The fourth-order valence-corrected chi connectivity index (χ4v) is 3.59. The van der Waals surface area contributed by atoms with Crippen molar-refractivity contribution in [3.05, 3.63) is 95.6 Å². The van der Waals surface area contributed by atoms with E-state index in [1.807, 2.05) is 78.9 Å². The molecule has 1 aliphatic rings. The van der Waals surface area contributed by atoms with E-state index < -0.39 is 17.7 Å². The number of amides is 1. The highest BCUT2D eigenvalue weighted by Crippen LogP contribution is 2.40. The summed E-state index contributed by atoms with van der Waals surface area (Å²) in [5, 5.41) is 16.4. The molecule has 4 rings (SSSR count). The molecule has 1 unspecified atom stereocenters. The number of aliphatic imine (C=N–C) groups is 1. The van der Waals surface area contributed by atoms with Crippen LogP contribution in [0.3, 0.4) is 0 Å². The van der Waals surface area contributed by atoms with Crippen molar-refractivity contribution >= 4 is 17.8 Å². The van der Waals surface area contributed by atoms with Gasteiger partial charge in [0, 0.05) is 7.05 Å². The van der Waals surface area contributed by atoms with Crippen LogP contribution >= 0.6 is 0 Å². The first-order chi connectivity index (χ1) is 16.5. The molecule has 0 aromatic heterocycles. The number of halogens is 3. The molecule has 0 spiro atoms. The lowest BCUT2D eigenvalue weighted by atomic mass is 9.82. The lowest BCUT2D eigenvalue weighted by Crippen LogP contribution is -2.41. The van der Waals surface area contributed by atoms with Crippen LogP contribution in [0.2, 0.25) is 0 Å². The normalized spacial score (nSPS) is 17.5. The summed E-state index contributed by atoms with van der Waals surface area (Å²) >= 11 is 0. The number of carbonyl (C=O) groups is 2. The number of carboxylic acids is 1. The van der Waals surface area contributed by atoms with Crippen molar-refractivity contribution in [2.75, 3.05) is 7.05 Å². The lowest BCUT2D eigenvalue weighted by Gasteiger charge is -2.26. The van der Waals surface area contributed by atoms with Crippen molar-refractivity contribution in [2.45, 2.75) is 18.3 Å². The summed E-state index contributed by atoms with van der Waals surface area (Å²) in [6, 6.07) is 25.0. The first kappa shape index (κ1) is 25.4. The third kappa shape index (κ3) is 5.17. The SMILES string of the molecule is CN1C(=O)C(c2ccccc2)(c2cccc(-c3ccc(CO)cc3)c2)N=C1N.O=C(O)C(F)(F)F. The van der Waals surface area contributed by atoms with E-state index >= 15 is 0 Å². The summed E-state index contributed by atoms with van der Waals surface area (Å²) in [5.41, 5.74) is 9.20. The van der Waals surface area contributed by atoms with Crippen LogP contribution in [0.25, 0.3) is 11.1 Å². The van der Waals surface area contributed by atoms with Crippen LogP contribution in [0, 0.1) is 0 Å². The first-order valence-corrected chi connectivity index (χ1v) is 10.3. The summed E-state index contributed by atoms with van der Waals surface area (Å²) in [6.45, 7) is 0.00622. The molecule has 182 valence electrons. The largest absolute Gasteiger partial charge is 0.490 e. The predicted molar refractivity (Wildman–Crippen MR) is 123 cm³/mol. The molecule has 0 bridgehead atoms. The van der Waals surface area contributed by atoms with Gasteiger partial charge in [-0.15, -0.1) is 0 Å². The van der Waals surface area contributed by atoms with Crippen LogP contribution in [-0.4, -0.2) is 46.2 Å². The van der Waals surface area contributed by atoms with Crippen LogP contribution in [0.15, 0.2) is 83.9 Å². The number of alkyl halides is 3. The topological polar surface area (TPSA) is 116 Å². The van der Waals surface area contributed by atoms with Crippen molar-refractivity contribution in [1.29, 1.82) is 0 Å². The number of carboxylic acid groups (broad SMARTS) is 1. The molecular weight excluding hydrogens is 463 g/mol. The van der Waals surface area contributed by atoms with E-state index in [0.29, 0.717) is 0 Å². The zero-order valence-corrected chi connectivity index (χ0v) is 18.5. The van der Waals surface area contributed by atoms with Gasteiger partial charge in [0.2, 0.25) is 0 Å². The standard InChI is InChI=1S/C23H21N3O2.C2HF3O2/c1-26-21(28)23(25-22(26)24,19-7-3-2-4-8-19)20-9-5-6-18(14-20)17-12-10-16(15-27)11-13-17;3-2(4,5)1(6)7/h2-14,27H,15H2,1H3,(H2,24,25);(H,6,7). The van der Waals surface area contributed by atoms with Crippen LogP contribution in [0.4, 0.5) is 13.2 Å². The second-order valence-electron chi connectivity index (χ2n) is 7.65. The second kappa shape index (κ2) is 9.98. The Morgan fingerprint density at radius 3 is 2.03 bits per heavy atom. The molecule has 1 atom stereocenters. The van der Waals surface area contributed by atoms with E-state index in [0.717, 1.165) is 27.8 Å². The van der Waals surface area contributed by atoms with Gasteiger partial charge < -0.3 is 15.9 Å². The summed E-state index contributed by atoms with van der Waals surface area (Å²) in [7, 11) is 1.64.